The van der Waals surface area contributed by atoms with E-state index in [1.54, 1.807) is 11.3 Å². The monoisotopic (exact) mass is 392 g/mol. The van der Waals surface area contributed by atoms with E-state index in [4.69, 9.17) is 4.98 Å². The standard InChI is InChI=1S/C20H28N4S.ClH/c1-2-6-18(7-3-1)20-22-19(16-25-20)15-24-11-9-23(10-12-24)14-17-5-4-8-21-13-17;/h1-3,6-7,16-17,21H,4-5,8-15H2;1H. The Morgan fingerprint density at radius 3 is 2.58 bits per heavy atom. The zero-order chi connectivity index (χ0) is 16.9. The van der Waals surface area contributed by atoms with Crippen LogP contribution in [0.2, 0.25) is 0 Å². The van der Waals surface area contributed by atoms with Gasteiger partial charge in [-0.2, -0.15) is 0 Å². The molecule has 4 rings (SSSR count). The van der Waals surface area contributed by atoms with Gasteiger partial charge in [-0.3, -0.25) is 4.90 Å². The maximum absolute atomic E-state index is 4.84. The van der Waals surface area contributed by atoms with E-state index >= 15 is 0 Å². The normalized spacial score (nSPS) is 22.1. The summed E-state index contributed by atoms with van der Waals surface area (Å²) in [4.78, 5) is 10.1. The number of thiazole rings is 1. The van der Waals surface area contributed by atoms with Crippen molar-refractivity contribution in [2.24, 2.45) is 5.92 Å². The largest absolute Gasteiger partial charge is 0.316 e. The highest BCUT2D eigenvalue weighted by Gasteiger charge is 2.21. The quantitative estimate of drug-likeness (QED) is 0.845. The number of aromatic nitrogens is 1. The van der Waals surface area contributed by atoms with Crippen LogP contribution in [-0.2, 0) is 6.54 Å². The van der Waals surface area contributed by atoms with Crippen LogP contribution < -0.4 is 5.32 Å². The minimum atomic E-state index is 0. The maximum atomic E-state index is 4.84. The van der Waals surface area contributed by atoms with Crippen molar-refractivity contribution in [3.63, 3.8) is 0 Å². The first-order chi connectivity index (χ1) is 12.4. The van der Waals surface area contributed by atoms with Crippen LogP contribution in [0.25, 0.3) is 10.6 Å². The molecule has 0 aliphatic carbocycles. The van der Waals surface area contributed by atoms with Crippen molar-refractivity contribution in [3.8, 4) is 10.6 Å². The van der Waals surface area contributed by atoms with E-state index in [-0.39, 0.29) is 12.4 Å². The van der Waals surface area contributed by atoms with Crippen LogP contribution in [0.15, 0.2) is 35.7 Å². The second-order valence-corrected chi connectivity index (χ2v) is 8.16. The molecule has 0 amide bonds. The second-order valence-electron chi connectivity index (χ2n) is 7.30. The first kappa shape index (κ1) is 19.8. The molecule has 4 nitrogen and oxygen atoms in total. The van der Waals surface area contributed by atoms with Gasteiger partial charge in [0.15, 0.2) is 0 Å². The molecule has 3 heterocycles. The van der Waals surface area contributed by atoms with Crippen LogP contribution in [-0.4, -0.2) is 60.6 Å². The van der Waals surface area contributed by atoms with Gasteiger partial charge in [0.1, 0.15) is 5.01 Å². The number of piperidine rings is 1. The van der Waals surface area contributed by atoms with Crippen molar-refractivity contribution in [2.75, 3.05) is 45.8 Å². The molecule has 26 heavy (non-hydrogen) atoms. The van der Waals surface area contributed by atoms with E-state index < -0.39 is 0 Å². The van der Waals surface area contributed by atoms with Crippen LogP contribution in [0.3, 0.4) is 0 Å². The van der Waals surface area contributed by atoms with Gasteiger partial charge in [-0.25, -0.2) is 4.98 Å². The van der Waals surface area contributed by atoms with E-state index in [1.807, 2.05) is 0 Å². The summed E-state index contributed by atoms with van der Waals surface area (Å²) in [7, 11) is 0. The highest BCUT2D eigenvalue weighted by Crippen LogP contribution is 2.24. The number of hydrogen-bond donors (Lipinski definition) is 1. The molecule has 1 unspecified atom stereocenters. The van der Waals surface area contributed by atoms with E-state index in [0.29, 0.717) is 0 Å². The van der Waals surface area contributed by atoms with Gasteiger partial charge in [-0.15, -0.1) is 23.7 Å². The lowest BCUT2D eigenvalue weighted by atomic mass is 9.99. The Hall–Kier alpha value is -0.980. The minimum Gasteiger partial charge on any atom is -0.316 e. The molecular formula is C20H29ClN4S. The van der Waals surface area contributed by atoms with Gasteiger partial charge in [-0.1, -0.05) is 30.3 Å². The highest BCUT2D eigenvalue weighted by atomic mass is 35.5. The molecule has 6 heteroatoms. The molecule has 0 bridgehead atoms. The Morgan fingerprint density at radius 2 is 1.85 bits per heavy atom. The van der Waals surface area contributed by atoms with Gasteiger partial charge in [0, 0.05) is 50.2 Å². The molecule has 1 aromatic carbocycles. The first-order valence-corrected chi connectivity index (χ1v) is 10.4. The van der Waals surface area contributed by atoms with Crippen molar-refractivity contribution in [1.29, 1.82) is 0 Å². The van der Waals surface area contributed by atoms with Gasteiger partial charge in [0.25, 0.3) is 0 Å². The molecule has 2 saturated heterocycles. The Balaban J connectivity index is 0.00000196. The van der Waals surface area contributed by atoms with Crippen molar-refractivity contribution < 1.29 is 0 Å². The average molecular weight is 393 g/mol. The fourth-order valence-electron chi connectivity index (χ4n) is 3.90. The Labute approximate surface area is 167 Å². The number of nitrogens with zero attached hydrogens (tertiary/aromatic N) is 3. The van der Waals surface area contributed by atoms with Crippen LogP contribution >= 0.6 is 23.7 Å². The molecule has 142 valence electrons. The lowest BCUT2D eigenvalue weighted by Crippen LogP contribution is -2.48. The number of nitrogens with one attached hydrogen (secondary N) is 1. The smallest absolute Gasteiger partial charge is 0.123 e. The fraction of sp³-hybridized carbons (Fsp3) is 0.550. The molecular weight excluding hydrogens is 364 g/mol. The van der Waals surface area contributed by atoms with Gasteiger partial charge < -0.3 is 10.2 Å². The third-order valence-corrected chi connectivity index (χ3v) is 6.28. The SMILES string of the molecule is Cl.c1ccc(-c2nc(CN3CCN(CC4CCCNC4)CC3)cs2)cc1. The molecule has 1 N–H and O–H groups in total. The summed E-state index contributed by atoms with van der Waals surface area (Å²) in [5.74, 6) is 0.854. The van der Waals surface area contributed by atoms with E-state index in [2.05, 4.69) is 50.8 Å². The number of rotatable bonds is 5. The third kappa shape index (κ3) is 5.27. The van der Waals surface area contributed by atoms with Crippen LogP contribution in [0, 0.1) is 5.92 Å². The number of halogens is 1. The Morgan fingerprint density at radius 1 is 1.08 bits per heavy atom. The molecule has 2 aliphatic rings. The predicted octanol–water partition coefficient (Wildman–Crippen LogP) is 3.35. The van der Waals surface area contributed by atoms with E-state index in [1.165, 1.54) is 69.9 Å². The number of benzene rings is 1. The summed E-state index contributed by atoms with van der Waals surface area (Å²) >= 11 is 1.76. The molecule has 0 spiro atoms. The van der Waals surface area contributed by atoms with Crippen molar-refractivity contribution >= 4 is 23.7 Å². The van der Waals surface area contributed by atoms with Crippen molar-refractivity contribution in [2.45, 2.75) is 19.4 Å². The predicted molar refractivity (Wildman–Crippen MR) is 112 cm³/mol. The minimum absolute atomic E-state index is 0. The van der Waals surface area contributed by atoms with E-state index in [9.17, 15) is 0 Å². The van der Waals surface area contributed by atoms with Crippen LogP contribution in [0.1, 0.15) is 18.5 Å². The van der Waals surface area contributed by atoms with Crippen molar-refractivity contribution in [3.05, 3.63) is 41.4 Å². The van der Waals surface area contributed by atoms with Crippen LogP contribution in [0.5, 0.6) is 0 Å². The maximum Gasteiger partial charge on any atom is 0.123 e. The fourth-order valence-corrected chi connectivity index (χ4v) is 4.71. The summed E-state index contributed by atoms with van der Waals surface area (Å²) in [5, 5.41) is 6.90. The molecule has 2 aliphatic heterocycles. The van der Waals surface area contributed by atoms with Gasteiger partial charge in [0.2, 0.25) is 0 Å². The van der Waals surface area contributed by atoms with Gasteiger partial charge in [-0.05, 0) is 31.8 Å². The zero-order valence-corrected chi connectivity index (χ0v) is 16.9. The summed E-state index contributed by atoms with van der Waals surface area (Å²) in [6.45, 7) is 9.41. The number of hydrogen-bond acceptors (Lipinski definition) is 5. The molecule has 2 aromatic rings. The lowest BCUT2D eigenvalue weighted by molar-refractivity contribution is 0.107. The number of piperazine rings is 1. The molecule has 2 fully saturated rings. The highest BCUT2D eigenvalue weighted by molar-refractivity contribution is 7.13. The Kier molecular flexibility index (Phi) is 7.46. The lowest BCUT2D eigenvalue weighted by Gasteiger charge is -2.37. The van der Waals surface area contributed by atoms with Gasteiger partial charge in [0.05, 0.1) is 5.69 Å². The summed E-state index contributed by atoms with van der Waals surface area (Å²) < 4.78 is 0. The zero-order valence-electron chi connectivity index (χ0n) is 15.3. The molecule has 0 radical (unpaired) electrons. The molecule has 0 saturated carbocycles. The average Bonchev–Trinajstić information content (AvgIpc) is 3.14. The molecule has 1 atom stereocenters. The van der Waals surface area contributed by atoms with Crippen molar-refractivity contribution in [1.82, 2.24) is 20.1 Å². The third-order valence-electron chi connectivity index (χ3n) is 5.34. The summed E-state index contributed by atoms with van der Waals surface area (Å²) in [6, 6.07) is 10.5. The summed E-state index contributed by atoms with van der Waals surface area (Å²) in [6.07, 6.45) is 2.74. The summed E-state index contributed by atoms with van der Waals surface area (Å²) in [5.41, 5.74) is 2.44. The molecule has 1 aromatic heterocycles. The van der Waals surface area contributed by atoms with Crippen LogP contribution in [0.4, 0.5) is 0 Å². The van der Waals surface area contributed by atoms with Gasteiger partial charge >= 0.3 is 0 Å². The first-order valence-electron chi connectivity index (χ1n) is 9.52. The van der Waals surface area contributed by atoms with E-state index in [0.717, 1.165) is 17.5 Å². The second kappa shape index (κ2) is 9.81. The topological polar surface area (TPSA) is 31.4 Å². The Bertz CT molecular complexity index is 649.